The predicted molar refractivity (Wildman–Crippen MR) is 58.0 cm³/mol. The van der Waals surface area contributed by atoms with Crippen molar-refractivity contribution in [3.05, 3.63) is 0 Å². The summed E-state index contributed by atoms with van der Waals surface area (Å²) in [5.74, 6) is 0.0617. The third-order valence-electron chi connectivity index (χ3n) is 2.80. The van der Waals surface area contributed by atoms with E-state index in [-0.39, 0.29) is 24.4 Å². The van der Waals surface area contributed by atoms with E-state index >= 15 is 0 Å². The molecule has 15 heavy (non-hydrogen) atoms. The van der Waals surface area contributed by atoms with Crippen LogP contribution >= 0.6 is 12.4 Å². The van der Waals surface area contributed by atoms with Crippen molar-refractivity contribution in [3.63, 3.8) is 0 Å². The maximum Gasteiger partial charge on any atom is 0.239 e. The molecule has 0 aromatic rings. The summed E-state index contributed by atoms with van der Waals surface area (Å²) in [5.41, 5.74) is 0. The largest absolute Gasteiger partial charge is 0.339 e. The standard InChI is InChI=1S/C9H16FN3O.ClH/c10-7-5-8(12-6-7)9(14)13-3-1-11-2-4-13;/h7-8,11-12H,1-6H2;1H/t7-,8+;/m0./s1. The summed E-state index contributed by atoms with van der Waals surface area (Å²) in [6.07, 6.45) is -0.519. The van der Waals surface area contributed by atoms with Gasteiger partial charge in [0.1, 0.15) is 6.17 Å². The summed E-state index contributed by atoms with van der Waals surface area (Å²) in [6, 6.07) is -0.289. The topological polar surface area (TPSA) is 44.4 Å². The van der Waals surface area contributed by atoms with Crippen molar-refractivity contribution in [3.8, 4) is 0 Å². The second-order valence-electron chi connectivity index (χ2n) is 3.87. The van der Waals surface area contributed by atoms with Crippen molar-refractivity contribution < 1.29 is 9.18 Å². The van der Waals surface area contributed by atoms with E-state index in [0.29, 0.717) is 13.0 Å². The Kier molecular flexibility index (Phi) is 4.76. The molecule has 0 spiro atoms. The van der Waals surface area contributed by atoms with Crippen molar-refractivity contribution in [1.82, 2.24) is 15.5 Å². The Labute approximate surface area is 95.0 Å². The van der Waals surface area contributed by atoms with Crippen LogP contribution in [-0.4, -0.2) is 55.7 Å². The lowest BCUT2D eigenvalue weighted by Crippen LogP contribution is -2.51. The molecular weight excluding hydrogens is 221 g/mol. The van der Waals surface area contributed by atoms with E-state index in [4.69, 9.17) is 0 Å². The third-order valence-corrected chi connectivity index (χ3v) is 2.80. The van der Waals surface area contributed by atoms with Gasteiger partial charge >= 0.3 is 0 Å². The summed E-state index contributed by atoms with van der Waals surface area (Å²) in [6.45, 7) is 3.50. The Hall–Kier alpha value is -0.390. The molecule has 0 aromatic carbocycles. The number of nitrogens with zero attached hydrogens (tertiary/aromatic N) is 1. The quantitative estimate of drug-likeness (QED) is 0.649. The highest BCUT2D eigenvalue weighted by Crippen LogP contribution is 2.12. The van der Waals surface area contributed by atoms with E-state index in [1.54, 1.807) is 0 Å². The number of nitrogens with one attached hydrogen (secondary N) is 2. The molecule has 2 fully saturated rings. The fourth-order valence-corrected chi connectivity index (χ4v) is 1.99. The molecule has 6 heteroatoms. The second kappa shape index (κ2) is 5.63. The molecule has 88 valence electrons. The Bertz CT molecular complexity index is 217. The average molecular weight is 238 g/mol. The lowest BCUT2D eigenvalue weighted by molar-refractivity contribution is -0.133. The molecule has 2 saturated heterocycles. The fraction of sp³-hybridized carbons (Fsp3) is 0.889. The van der Waals surface area contributed by atoms with Gasteiger partial charge in [0.25, 0.3) is 0 Å². The normalized spacial score (nSPS) is 31.1. The van der Waals surface area contributed by atoms with Gasteiger partial charge in [-0.2, -0.15) is 0 Å². The molecular formula is C9H17ClFN3O. The van der Waals surface area contributed by atoms with E-state index in [2.05, 4.69) is 10.6 Å². The van der Waals surface area contributed by atoms with E-state index in [0.717, 1.165) is 26.2 Å². The van der Waals surface area contributed by atoms with Crippen molar-refractivity contribution in [1.29, 1.82) is 0 Å². The number of rotatable bonds is 1. The lowest BCUT2D eigenvalue weighted by Gasteiger charge is -2.29. The summed E-state index contributed by atoms with van der Waals surface area (Å²) in [7, 11) is 0. The second-order valence-corrected chi connectivity index (χ2v) is 3.87. The van der Waals surface area contributed by atoms with E-state index in [1.807, 2.05) is 4.90 Å². The van der Waals surface area contributed by atoms with Gasteiger partial charge in [-0.05, 0) is 0 Å². The minimum Gasteiger partial charge on any atom is -0.339 e. The molecule has 2 aliphatic heterocycles. The van der Waals surface area contributed by atoms with Crippen LogP contribution in [0, 0.1) is 0 Å². The molecule has 1 amide bonds. The van der Waals surface area contributed by atoms with E-state index < -0.39 is 6.17 Å². The van der Waals surface area contributed by atoms with Gasteiger partial charge in [-0.3, -0.25) is 4.79 Å². The first-order valence-corrected chi connectivity index (χ1v) is 5.14. The molecule has 2 rings (SSSR count). The molecule has 0 aliphatic carbocycles. The molecule has 2 N–H and O–H groups in total. The Morgan fingerprint density at radius 2 is 2.00 bits per heavy atom. The predicted octanol–water partition coefficient (Wildman–Crippen LogP) is -0.460. The highest BCUT2D eigenvalue weighted by Gasteiger charge is 2.32. The van der Waals surface area contributed by atoms with Crippen molar-refractivity contribution in [2.45, 2.75) is 18.6 Å². The monoisotopic (exact) mass is 237 g/mol. The highest BCUT2D eigenvalue weighted by molar-refractivity contribution is 5.85. The number of carbonyl (C=O) groups is 1. The van der Waals surface area contributed by atoms with Crippen LogP contribution in [0.2, 0.25) is 0 Å². The number of hydrogen-bond acceptors (Lipinski definition) is 3. The molecule has 0 bridgehead atoms. The average Bonchev–Trinajstić information content (AvgIpc) is 2.65. The van der Waals surface area contributed by atoms with Gasteiger partial charge in [0.15, 0.2) is 0 Å². The van der Waals surface area contributed by atoms with Gasteiger partial charge in [-0.1, -0.05) is 0 Å². The van der Waals surface area contributed by atoms with Crippen molar-refractivity contribution >= 4 is 18.3 Å². The van der Waals surface area contributed by atoms with E-state index in [1.165, 1.54) is 0 Å². The SMILES string of the molecule is Cl.O=C([C@H]1C[C@H](F)CN1)N1CCNCC1. The summed E-state index contributed by atoms with van der Waals surface area (Å²) >= 11 is 0. The lowest BCUT2D eigenvalue weighted by atomic mass is 10.2. The summed E-state index contributed by atoms with van der Waals surface area (Å²) in [4.78, 5) is 13.6. The number of alkyl halides is 1. The first-order valence-electron chi connectivity index (χ1n) is 5.14. The zero-order chi connectivity index (χ0) is 9.97. The Balaban J connectivity index is 0.00000112. The Morgan fingerprint density at radius 1 is 1.33 bits per heavy atom. The van der Waals surface area contributed by atoms with Gasteiger partial charge < -0.3 is 15.5 Å². The maximum atomic E-state index is 12.9. The molecule has 4 nitrogen and oxygen atoms in total. The first kappa shape index (κ1) is 12.7. The van der Waals surface area contributed by atoms with Crippen molar-refractivity contribution in [2.24, 2.45) is 0 Å². The van der Waals surface area contributed by atoms with Gasteiger partial charge in [0.05, 0.1) is 6.04 Å². The molecule has 0 saturated carbocycles. The van der Waals surface area contributed by atoms with E-state index in [9.17, 15) is 9.18 Å². The van der Waals surface area contributed by atoms with Gasteiger partial charge in [-0.25, -0.2) is 4.39 Å². The fourth-order valence-electron chi connectivity index (χ4n) is 1.99. The molecule has 2 aliphatic rings. The minimum absolute atomic E-state index is 0. The van der Waals surface area contributed by atoms with Crippen LogP contribution < -0.4 is 10.6 Å². The summed E-state index contributed by atoms with van der Waals surface area (Å²) in [5, 5.41) is 6.10. The van der Waals surface area contributed by atoms with Gasteiger partial charge in [0.2, 0.25) is 5.91 Å². The van der Waals surface area contributed by atoms with Crippen molar-refractivity contribution in [2.75, 3.05) is 32.7 Å². The summed E-state index contributed by atoms with van der Waals surface area (Å²) < 4.78 is 12.9. The first-order chi connectivity index (χ1) is 6.77. The molecule has 2 heterocycles. The number of halogens is 2. The zero-order valence-corrected chi connectivity index (χ0v) is 9.36. The van der Waals surface area contributed by atoms with Crippen LogP contribution in [0.1, 0.15) is 6.42 Å². The molecule has 0 unspecified atom stereocenters. The molecule has 0 radical (unpaired) electrons. The van der Waals surface area contributed by atoms with Gasteiger partial charge in [-0.15, -0.1) is 12.4 Å². The highest BCUT2D eigenvalue weighted by atomic mass is 35.5. The third kappa shape index (κ3) is 3.03. The number of amides is 1. The van der Waals surface area contributed by atoms with Crippen LogP contribution in [0.3, 0.4) is 0 Å². The molecule has 0 aromatic heterocycles. The van der Waals surface area contributed by atoms with Crippen LogP contribution in [0.25, 0.3) is 0 Å². The van der Waals surface area contributed by atoms with Crippen LogP contribution in [0.4, 0.5) is 4.39 Å². The van der Waals surface area contributed by atoms with Crippen LogP contribution in [0.15, 0.2) is 0 Å². The number of hydrogen-bond donors (Lipinski definition) is 2. The Morgan fingerprint density at radius 3 is 2.53 bits per heavy atom. The minimum atomic E-state index is -0.855. The number of piperazine rings is 1. The van der Waals surface area contributed by atoms with Crippen LogP contribution in [-0.2, 0) is 4.79 Å². The smallest absolute Gasteiger partial charge is 0.239 e. The zero-order valence-electron chi connectivity index (χ0n) is 8.54. The molecule has 2 atom stereocenters. The van der Waals surface area contributed by atoms with Crippen LogP contribution in [0.5, 0.6) is 0 Å². The van der Waals surface area contributed by atoms with Gasteiger partial charge in [0, 0.05) is 39.1 Å². The number of carbonyl (C=O) groups excluding carboxylic acids is 1. The maximum absolute atomic E-state index is 12.9.